The molecule has 0 unspecified atom stereocenters. The van der Waals surface area contributed by atoms with Gasteiger partial charge in [-0.1, -0.05) is 48.0 Å². The first-order chi connectivity index (χ1) is 11.8. The first kappa shape index (κ1) is 14.7. The summed E-state index contributed by atoms with van der Waals surface area (Å²) in [4.78, 5) is 4.41. The number of hydrogen-bond donors (Lipinski definition) is 1. The fourth-order valence-electron chi connectivity index (χ4n) is 2.72. The third-order valence-electron chi connectivity index (χ3n) is 3.91. The van der Waals surface area contributed by atoms with E-state index in [0.717, 1.165) is 38.7 Å². The summed E-state index contributed by atoms with van der Waals surface area (Å²) < 4.78 is 0. The molecular formula is C20H14ClN3. The Morgan fingerprint density at radius 2 is 1.62 bits per heavy atom. The van der Waals surface area contributed by atoms with E-state index in [1.54, 1.807) is 6.20 Å². The van der Waals surface area contributed by atoms with Gasteiger partial charge in [0.25, 0.3) is 0 Å². The number of nitrogens with zero attached hydrogens (tertiary/aromatic N) is 2. The number of hydrogen-bond acceptors (Lipinski definition) is 2. The minimum atomic E-state index is 0.738. The Morgan fingerprint density at radius 3 is 2.42 bits per heavy atom. The second-order valence-corrected chi connectivity index (χ2v) is 5.90. The van der Waals surface area contributed by atoms with E-state index in [0.29, 0.717) is 0 Å². The molecule has 4 heteroatoms. The number of rotatable bonds is 3. The topological polar surface area (TPSA) is 41.6 Å². The zero-order chi connectivity index (χ0) is 16.4. The first-order valence-electron chi connectivity index (χ1n) is 7.62. The second kappa shape index (κ2) is 6.30. The van der Waals surface area contributed by atoms with Gasteiger partial charge in [-0.15, -0.1) is 0 Å². The molecule has 4 rings (SSSR count). The minimum Gasteiger partial charge on any atom is -0.276 e. The number of nitrogens with one attached hydrogen (secondary N) is 1. The van der Waals surface area contributed by atoms with Gasteiger partial charge < -0.3 is 0 Å². The van der Waals surface area contributed by atoms with Crippen molar-refractivity contribution in [3.8, 4) is 33.6 Å². The smallest absolute Gasteiger partial charge is 0.0912 e. The summed E-state index contributed by atoms with van der Waals surface area (Å²) in [6, 6.07) is 22.1. The highest BCUT2D eigenvalue weighted by Gasteiger charge is 2.11. The molecule has 0 atom stereocenters. The Bertz CT molecular complexity index is 960. The molecule has 0 amide bonds. The zero-order valence-electron chi connectivity index (χ0n) is 12.8. The Balaban J connectivity index is 1.78. The molecule has 0 bridgehead atoms. The summed E-state index contributed by atoms with van der Waals surface area (Å²) >= 11 is 5.98. The number of aromatic nitrogens is 3. The Morgan fingerprint density at radius 1 is 0.792 bits per heavy atom. The molecule has 0 aliphatic heterocycles. The van der Waals surface area contributed by atoms with E-state index in [2.05, 4.69) is 39.4 Å². The molecule has 116 valence electrons. The molecule has 4 aromatic rings. The third-order valence-corrected chi connectivity index (χ3v) is 4.16. The highest BCUT2D eigenvalue weighted by atomic mass is 35.5. The van der Waals surface area contributed by atoms with Crippen molar-refractivity contribution < 1.29 is 0 Å². The van der Waals surface area contributed by atoms with Crippen molar-refractivity contribution >= 4 is 11.6 Å². The van der Waals surface area contributed by atoms with Crippen LogP contribution in [0.2, 0.25) is 5.02 Å². The summed E-state index contributed by atoms with van der Waals surface area (Å²) in [6.45, 7) is 0. The van der Waals surface area contributed by atoms with Crippen molar-refractivity contribution in [2.24, 2.45) is 0 Å². The van der Waals surface area contributed by atoms with Crippen molar-refractivity contribution in [3.63, 3.8) is 0 Å². The van der Waals surface area contributed by atoms with Gasteiger partial charge in [0, 0.05) is 16.8 Å². The van der Waals surface area contributed by atoms with Gasteiger partial charge in [-0.3, -0.25) is 10.1 Å². The lowest BCUT2D eigenvalue weighted by Crippen LogP contribution is -1.86. The number of aromatic amines is 1. The molecule has 0 saturated carbocycles. The van der Waals surface area contributed by atoms with Gasteiger partial charge in [0.2, 0.25) is 0 Å². The number of pyridine rings is 1. The van der Waals surface area contributed by atoms with Crippen LogP contribution in [0.3, 0.4) is 0 Å². The normalized spacial score (nSPS) is 10.7. The van der Waals surface area contributed by atoms with Crippen LogP contribution in [-0.2, 0) is 0 Å². The predicted molar refractivity (Wildman–Crippen MR) is 97.7 cm³/mol. The highest BCUT2D eigenvalue weighted by Crippen LogP contribution is 2.32. The van der Waals surface area contributed by atoms with Gasteiger partial charge in [0.15, 0.2) is 0 Å². The molecule has 0 fully saturated rings. The molecule has 2 aromatic carbocycles. The van der Waals surface area contributed by atoms with Crippen LogP contribution in [-0.4, -0.2) is 15.2 Å². The highest BCUT2D eigenvalue weighted by molar-refractivity contribution is 6.30. The van der Waals surface area contributed by atoms with E-state index >= 15 is 0 Å². The molecule has 2 heterocycles. The average Bonchev–Trinajstić information content (AvgIpc) is 3.13. The molecular weight excluding hydrogens is 318 g/mol. The standard InChI is InChI=1S/C20H14ClN3/c21-17-9-7-14(8-10-17)15-4-3-5-16(12-15)18-13-23-24-20(18)19-6-1-2-11-22-19/h1-13H,(H,23,24). The van der Waals surface area contributed by atoms with E-state index in [1.807, 2.05) is 48.7 Å². The van der Waals surface area contributed by atoms with Gasteiger partial charge in [0.1, 0.15) is 0 Å². The Hall–Kier alpha value is -2.91. The fraction of sp³-hybridized carbons (Fsp3) is 0. The van der Waals surface area contributed by atoms with Crippen LogP contribution >= 0.6 is 11.6 Å². The van der Waals surface area contributed by atoms with Crippen molar-refractivity contribution in [1.29, 1.82) is 0 Å². The lowest BCUT2D eigenvalue weighted by Gasteiger charge is -2.07. The third kappa shape index (κ3) is 2.82. The van der Waals surface area contributed by atoms with Crippen LogP contribution in [0.25, 0.3) is 33.6 Å². The van der Waals surface area contributed by atoms with Gasteiger partial charge in [-0.05, 0) is 47.0 Å². The molecule has 0 spiro atoms. The van der Waals surface area contributed by atoms with Crippen molar-refractivity contribution in [1.82, 2.24) is 15.2 Å². The van der Waals surface area contributed by atoms with Gasteiger partial charge >= 0.3 is 0 Å². The molecule has 0 radical (unpaired) electrons. The van der Waals surface area contributed by atoms with E-state index in [4.69, 9.17) is 11.6 Å². The van der Waals surface area contributed by atoms with E-state index in [9.17, 15) is 0 Å². The fourth-order valence-corrected chi connectivity index (χ4v) is 2.85. The van der Waals surface area contributed by atoms with Crippen LogP contribution < -0.4 is 0 Å². The van der Waals surface area contributed by atoms with E-state index < -0.39 is 0 Å². The van der Waals surface area contributed by atoms with Gasteiger partial charge in [-0.2, -0.15) is 5.10 Å². The average molecular weight is 332 g/mol. The molecule has 0 aliphatic carbocycles. The molecule has 1 N–H and O–H groups in total. The van der Waals surface area contributed by atoms with Gasteiger partial charge in [-0.25, -0.2) is 0 Å². The Labute approximate surface area is 145 Å². The van der Waals surface area contributed by atoms with E-state index in [1.165, 1.54) is 0 Å². The second-order valence-electron chi connectivity index (χ2n) is 5.46. The zero-order valence-corrected chi connectivity index (χ0v) is 13.5. The monoisotopic (exact) mass is 331 g/mol. The Kier molecular flexibility index (Phi) is 3.85. The largest absolute Gasteiger partial charge is 0.276 e. The summed E-state index contributed by atoms with van der Waals surface area (Å²) in [5, 5.41) is 8.00. The maximum Gasteiger partial charge on any atom is 0.0912 e. The molecule has 24 heavy (non-hydrogen) atoms. The van der Waals surface area contributed by atoms with Crippen molar-refractivity contribution in [2.45, 2.75) is 0 Å². The van der Waals surface area contributed by atoms with Crippen LogP contribution in [0.5, 0.6) is 0 Å². The summed E-state index contributed by atoms with van der Waals surface area (Å²) in [5.74, 6) is 0. The molecule has 3 nitrogen and oxygen atoms in total. The lowest BCUT2D eigenvalue weighted by molar-refractivity contribution is 1.09. The predicted octanol–water partition coefficient (Wildman–Crippen LogP) is 5.46. The van der Waals surface area contributed by atoms with Crippen LogP contribution in [0, 0.1) is 0 Å². The maximum atomic E-state index is 5.98. The van der Waals surface area contributed by atoms with Crippen LogP contribution in [0.15, 0.2) is 79.1 Å². The quantitative estimate of drug-likeness (QED) is 0.541. The number of H-pyrrole nitrogens is 1. The van der Waals surface area contributed by atoms with Crippen molar-refractivity contribution in [2.75, 3.05) is 0 Å². The van der Waals surface area contributed by atoms with Gasteiger partial charge in [0.05, 0.1) is 17.6 Å². The molecule has 0 saturated heterocycles. The minimum absolute atomic E-state index is 0.738. The van der Waals surface area contributed by atoms with Crippen molar-refractivity contribution in [3.05, 3.63) is 84.1 Å². The van der Waals surface area contributed by atoms with Crippen LogP contribution in [0.4, 0.5) is 0 Å². The summed E-state index contributed by atoms with van der Waals surface area (Å²) in [5.41, 5.74) is 6.19. The maximum absolute atomic E-state index is 5.98. The number of benzene rings is 2. The lowest BCUT2D eigenvalue weighted by atomic mass is 9.98. The summed E-state index contributed by atoms with van der Waals surface area (Å²) in [6.07, 6.45) is 3.62. The SMILES string of the molecule is Clc1ccc(-c2cccc(-c3cn[nH]c3-c3ccccn3)c2)cc1. The van der Waals surface area contributed by atoms with Crippen LogP contribution in [0.1, 0.15) is 0 Å². The van der Waals surface area contributed by atoms with E-state index in [-0.39, 0.29) is 0 Å². The molecule has 0 aliphatic rings. The summed E-state index contributed by atoms with van der Waals surface area (Å²) in [7, 11) is 0. The number of halogens is 1. The molecule has 2 aromatic heterocycles. The first-order valence-corrected chi connectivity index (χ1v) is 8.00.